The molecule has 90 valence electrons. The summed E-state index contributed by atoms with van der Waals surface area (Å²) in [7, 11) is 1.97. The average Bonchev–Trinajstić information content (AvgIpc) is 2.65. The molecule has 2 N–H and O–H groups in total. The molecule has 0 spiro atoms. The third-order valence-corrected chi connectivity index (χ3v) is 3.76. The molecule has 2 aromatic rings. The summed E-state index contributed by atoms with van der Waals surface area (Å²) in [6, 6.07) is 4.06. The van der Waals surface area contributed by atoms with Crippen LogP contribution in [-0.2, 0) is 26.4 Å². The number of aryl methyl sites for hydroxylation is 2. The van der Waals surface area contributed by atoms with Gasteiger partial charge in [-0.25, -0.2) is 4.98 Å². The Morgan fingerprint density at radius 2 is 2.00 bits per heavy atom. The number of imidazole rings is 1. The molecule has 0 saturated carbocycles. The van der Waals surface area contributed by atoms with Crippen molar-refractivity contribution in [1.82, 2.24) is 14.5 Å². The van der Waals surface area contributed by atoms with Gasteiger partial charge >= 0.3 is 0 Å². The molecule has 0 atom stereocenters. The first kappa shape index (κ1) is 12.3. The van der Waals surface area contributed by atoms with E-state index in [-0.39, 0.29) is 0 Å². The van der Waals surface area contributed by atoms with Crippen molar-refractivity contribution < 1.29 is 0 Å². The first-order valence-electron chi connectivity index (χ1n) is 5.51. The van der Waals surface area contributed by atoms with Crippen LogP contribution in [0.3, 0.4) is 0 Å². The first-order valence-corrected chi connectivity index (χ1v) is 6.30. The number of rotatable bonds is 4. The van der Waals surface area contributed by atoms with Gasteiger partial charge in [-0.15, -0.1) is 0 Å². The Bertz CT molecular complexity index is 493. The maximum absolute atomic E-state index is 5.63. The van der Waals surface area contributed by atoms with Crippen LogP contribution in [-0.4, -0.2) is 14.5 Å². The predicted octanol–water partition coefficient (Wildman–Crippen LogP) is 1.82. The first-order chi connectivity index (χ1) is 8.22. The molecule has 2 aromatic heterocycles. The third-order valence-electron chi connectivity index (χ3n) is 2.77. The standard InChI is InChI=1S/C12H15BrN4/c1-17-11(8-14)16-10(12(17)13)3-2-9-4-6-15-7-5-9/h4-7H,2-3,8,14H2,1H3. The zero-order chi connectivity index (χ0) is 12.3. The van der Waals surface area contributed by atoms with Crippen LogP contribution in [0.1, 0.15) is 17.1 Å². The highest BCUT2D eigenvalue weighted by Gasteiger charge is 2.10. The van der Waals surface area contributed by atoms with Crippen molar-refractivity contribution in [3.05, 3.63) is 46.2 Å². The highest BCUT2D eigenvalue weighted by Crippen LogP contribution is 2.19. The molecule has 0 radical (unpaired) electrons. The molecule has 17 heavy (non-hydrogen) atoms. The van der Waals surface area contributed by atoms with Crippen molar-refractivity contribution in [2.45, 2.75) is 19.4 Å². The lowest BCUT2D eigenvalue weighted by atomic mass is 10.1. The summed E-state index contributed by atoms with van der Waals surface area (Å²) in [6.07, 6.45) is 5.49. The van der Waals surface area contributed by atoms with Crippen LogP contribution in [0.2, 0.25) is 0 Å². The Morgan fingerprint density at radius 1 is 1.29 bits per heavy atom. The van der Waals surface area contributed by atoms with Crippen molar-refractivity contribution in [3.8, 4) is 0 Å². The van der Waals surface area contributed by atoms with E-state index < -0.39 is 0 Å². The SMILES string of the molecule is Cn1c(CN)nc(CCc2ccncc2)c1Br. The van der Waals surface area contributed by atoms with Crippen LogP contribution in [0.5, 0.6) is 0 Å². The molecule has 0 unspecified atom stereocenters. The van der Waals surface area contributed by atoms with Gasteiger partial charge in [0.15, 0.2) is 0 Å². The third kappa shape index (κ3) is 2.73. The summed E-state index contributed by atoms with van der Waals surface area (Å²) in [6.45, 7) is 0.463. The number of pyridine rings is 1. The molecular weight excluding hydrogens is 280 g/mol. The number of hydrogen-bond donors (Lipinski definition) is 1. The van der Waals surface area contributed by atoms with Crippen LogP contribution in [0, 0.1) is 0 Å². The van der Waals surface area contributed by atoms with Crippen molar-refractivity contribution in [3.63, 3.8) is 0 Å². The summed E-state index contributed by atoms with van der Waals surface area (Å²) in [5.41, 5.74) is 7.96. The molecule has 0 saturated heterocycles. The van der Waals surface area contributed by atoms with Crippen molar-refractivity contribution in [1.29, 1.82) is 0 Å². The Morgan fingerprint density at radius 3 is 2.59 bits per heavy atom. The Kier molecular flexibility index (Phi) is 3.91. The van der Waals surface area contributed by atoms with Crippen molar-refractivity contribution in [2.75, 3.05) is 0 Å². The second-order valence-electron chi connectivity index (χ2n) is 3.88. The molecule has 0 aliphatic carbocycles. The smallest absolute Gasteiger partial charge is 0.123 e. The van der Waals surface area contributed by atoms with Gasteiger partial charge in [0.05, 0.1) is 12.2 Å². The van der Waals surface area contributed by atoms with E-state index in [9.17, 15) is 0 Å². The lowest BCUT2D eigenvalue weighted by Crippen LogP contribution is -2.04. The zero-order valence-electron chi connectivity index (χ0n) is 9.73. The Balaban J connectivity index is 2.09. The van der Waals surface area contributed by atoms with Gasteiger partial charge < -0.3 is 10.3 Å². The fraction of sp³-hybridized carbons (Fsp3) is 0.333. The number of aromatic nitrogens is 3. The Labute approximate surface area is 109 Å². The second kappa shape index (κ2) is 5.42. The zero-order valence-corrected chi connectivity index (χ0v) is 11.3. The van der Waals surface area contributed by atoms with Crippen LogP contribution in [0.4, 0.5) is 0 Å². The number of nitrogens with two attached hydrogens (primary N) is 1. The highest BCUT2D eigenvalue weighted by atomic mass is 79.9. The summed E-state index contributed by atoms with van der Waals surface area (Å²) >= 11 is 3.55. The minimum absolute atomic E-state index is 0.463. The fourth-order valence-electron chi connectivity index (χ4n) is 1.74. The molecule has 0 aromatic carbocycles. The maximum atomic E-state index is 5.63. The Hall–Kier alpha value is -1.20. The molecule has 2 heterocycles. The van der Waals surface area contributed by atoms with Gasteiger partial charge in [0, 0.05) is 19.4 Å². The minimum atomic E-state index is 0.463. The maximum Gasteiger partial charge on any atom is 0.123 e. The minimum Gasteiger partial charge on any atom is -0.325 e. The van der Waals surface area contributed by atoms with E-state index in [0.29, 0.717) is 6.54 Å². The monoisotopic (exact) mass is 294 g/mol. The van der Waals surface area contributed by atoms with Crippen LogP contribution < -0.4 is 5.73 Å². The van der Waals surface area contributed by atoms with E-state index in [1.165, 1.54) is 5.56 Å². The lowest BCUT2D eigenvalue weighted by molar-refractivity contribution is 0.781. The molecule has 0 fully saturated rings. The summed E-state index contributed by atoms with van der Waals surface area (Å²) in [5.74, 6) is 0.904. The normalized spacial score (nSPS) is 10.8. The van der Waals surface area contributed by atoms with Gasteiger partial charge in [-0.05, 0) is 46.5 Å². The predicted molar refractivity (Wildman–Crippen MR) is 70.4 cm³/mol. The van der Waals surface area contributed by atoms with Gasteiger partial charge in [0.25, 0.3) is 0 Å². The molecule has 2 rings (SSSR count). The van der Waals surface area contributed by atoms with E-state index in [1.807, 2.05) is 36.1 Å². The fourth-order valence-corrected chi connectivity index (χ4v) is 2.23. The van der Waals surface area contributed by atoms with E-state index in [2.05, 4.69) is 25.9 Å². The number of halogens is 1. The molecule has 0 bridgehead atoms. The van der Waals surface area contributed by atoms with Crippen LogP contribution >= 0.6 is 15.9 Å². The highest BCUT2D eigenvalue weighted by molar-refractivity contribution is 9.10. The largest absolute Gasteiger partial charge is 0.325 e. The van der Waals surface area contributed by atoms with E-state index in [0.717, 1.165) is 29.0 Å². The summed E-state index contributed by atoms with van der Waals surface area (Å²) in [4.78, 5) is 8.52. The summed E-state index contributed by atoms with van der Waals surface area (Å²) in [5, 5.41) is 0. The topological polar surface area (TPSA) is 56.7 Å². The van der Waals surface area contributed by atoms with E-state index >= 15 is 0 Å². The molecule has 4 nitrogen and oxygen atoms in total. The van der Waals surface area contributed by atoms with Gasteiger partial charge in [-0.1, -0.05) is 0 Å². The molecule has 0 amide bonds. The van der Waals surface area contributed by atoms with E-state index in [4.69, 9.17) is 5.73 Å². The second-order valence-corrected chi connectivity index (χ2v) is 4.64. The van der Waals surface area contributed by atoms with Gasteiger partial charge in [-0.3, -0.25) is 4.98 Å². The average molecular weight is 295 g/mol. The molecule has 0 aliphatic heterocycles. The van der Waals surface area contributed by atoms with Crippen molar-refractivity contribution >= 4 is 15.9 Å². The quantitative estimate of drug-likeness (QED) is 0.936. The van der Waals surface area contributed by atoms with Crippen LogP contribution in [0.25, 0.3) is 0 Å². The molecular formula is C12H15BrN4. The lowest BCUT2D eigenvalue weighted by Gasteiger charge is -2.00. The van der Waals surface area contributed by atoms with Gasteiger partial charge in [0.2, 0.25) is 0 Å². The van der Waals surface area contributed by atoms with Gasteiger partial charge in [0.1, 0.15) is 10.4 Å². The van der Waals surface area contributed by atoms with Gasteiger partial charge in [-0.2, -0.15) is 0 Å². The number of nitrogens with zero attached hydrogens (tertiary/aromatic N) is 3. The molecule has 5 heteroatoms. The van der Waals surface area contributed by atoms with Crippen molar-refractivity contribution in [2.24, 2.45) is 12.8 Å². The van der Waals surface area contributed by atoms with E-state index in [1.54, 1.807) is 0 Å². The number of hydrogen-bond acceptors (Lipinski definition) is 3. The van der Waals surface area contributed by atoms with Crippen LogP contribution in [0.15, 0.2) is 29.1 Å². The molecule has 0 aliphatic rings. The summed E-state index contributed by atoms with van der Waals surface area (Å²) < 4.78 is 3.01.